The molecule has 106 valence electrons. The first-order chi connectivity index (χ1) is 10.3. The number of hydrogen-bond acceptors (Lipinski definition) is 4. The average Bonchev–Trinajstić information content (AvgIpc) is 3.21. The zero-order valence-electron chi connectivity index (χ0n) is 11.4. The first kappa shape index (κ1) is 11.9. The van der Waals surface area contributed by atoms with Gasteiger partial charge >= 0.3 is 0 Å². The second-order valence-electron chi connectivity index (χ2n) is 4.83. The standard InChI is InChI=1S/C13H13N7O/c1-2-4-20-12(21)9-11(19-5-3-14-13(19)20)18-10(17-9)8-6-15-16-7-8/h3,5-7H,2,4H2,1H3,(H,15,16)(H,17,18). The lowest BCUT2D eigenvalue weighted by Crippen LogP contribution is -2.23. The van der Waals surface area contributed by atoms with Crippen molar-refractivity contribution in [1.29, 1.82) is 0 Å². The van der Waals surface area contributed by atoms with Gasteiger partial charge in [-0.05, 0) is 6.42 Å². The summed E-state index contributed by atoms with van der Waals surface area (Å²) in [5.41, 5.74) is 1.76. The normalized spacial score (nSPS) is 11.7. The predicted molar refractivity (Wildman–Crippen MR) is 77.0 cm³/mol. The summed E-state index contributed by atoms with van der Waals surface area (Å²) in [5.74, 6) is 1.22. The maximum Gasteiger partial charge on any atom is 0.280 e. The minimum Gasteiger partial charge on any atom is -0.332 e. The summed E-state index contributed by atoms with van der Waals surface area (Å²) in [6.45, 7) is 2.65. The lowest BCUT2D eigenvalue weighted by molar-refractivity contribution is 0.663. The molecular weight excluding hydrogens is 270 g/mol. The third-order valence-corrected chi connectivity index (χ3v) is 3.45. The van der Waals surface area contributed by atoms with Gasteiger partial charge in [-0.3, -0.25) is 18.9 Å². The Morgan fingerprint density at radius 2 is 2.29 bits per heavy atom. The number of hydrogen-bond donors (Lipinski definition) is 2. The van der Waals surface area contributed by atoms with Crippen LogP contribution >= 0.6 is 0 Å². The van der Waals surface area contributed by atoms with Gasteiger partial charge < -0.3 is 4.98 Å². The van der Waals surface area contributed by atoms with Crippen molar-refractivity contribution in [2.45, 2.75) is 19.9 Å². The molecule has 0 atom stereocenters. The molecule has 0 amide bonds. The number of aromatic amines is 2. The first-order valence-electron chi connectivity index (χ1n) is 6.74. The van der Waals surface area contributed by atoms with Crippen LogP contribution in [0.5, 0.6) is 0 Å². The van der Waals surface area contributed by atoms with Crippen molar-refractivity contribution in [3.8, 4) is 11.4 Å². The number of H-pyrrole nitrogens is 2. The Kier molecular flexibility index (Phi) is 2.44. The molecule has 2 N–H and O–H groups in total. The molecule has 0 unspecified atom stereocenters. The second-order valence-corrected chi connectivity index (χ2v) is 4.83. The molecule has 0 aliphatic heterocycles. The first-order valence-corrected chi connectivity index (χ1v) is 6.74. The van der Waals surface area contributed by atoms with Crippen LogP contribution in [0, 0.1) is 0 Å². The lowest BCUT2D eigenvalue weighted by atomic mass is 10.3. The zero-order valence-corrected chi connectivity index (χ0v) is 11.4. The molecule has 0 bridgehead atoms. The highest BCUT2D eigenvalue weighted by Gasteiger charge is 2.16. The summed E-state index contributed by atoms with van der Waals surface area (Å²) >= 11 is 0. The Hall–Kier alpha value is -2.90. The molecular formula is C13H13N7O. The summed E-state index contributed by atoms with van der Waals surface area (Å²) in [6, 6.07) is 0. The van der Waals surface area contributed by atoms with Crippen LogP contribution in [0.1, 0.15) is 13.3 Å². The minimum absolute atomic E-state index is 0.104. The van der Waals surface area contributed by atoms with Crippen molar-refractivity contribution in [1.82, 2.24) is 34.1 Å². The van der Waals surface area contributed by atoms with E-state index in [1.807, 2.05) is 17.5 Å². The van der Waals surface area contributed by atoms with Crippen LogP contribution < -0.4 is 5.56 Å². The van der Waals surface area contributed by atoms with Crippen LogP contribution in [0.15, 0.2) is 29.6 Å². The molecule has 0 saturated heterocycles. The topological polar surface area (TPSA) is 96.7 Å². The van der Waals surface area contributed by atoms with Crippen molar-refractivity contribution >= 4 is 16.9 Å². The Morgan fingerprint density at radius 1 is 1.38 bits per heavy atom. The minimum atomic E-state index is -0.104. The number of imidazole rings is 2. The Balaban J connectivity index is 2.11. The van der Waals surface area contributed by atoms with E-state index in [9.17, 15) is 4.79 Å². The number of aromatic nitrogens is 7. The maximum absolute atomic E-state index is 12.6. The summed E-state index contributed by atoms with van der Waals surface area (Å²) in [5, 5.41) is 6.64. The van der Waals surface area contributed by atoms with Crippen molar-refractivity contribution in [3.05, 3.63) is 35.1 Å². The molecule has 0 aliphatic carbocycles. The van der Waals surface area contributed by atoms with Gasteiger partial charge in [0.1, 0.15) is 5.82 Å². The van der Waals surface area contributed by atoms with Gasteiger partial charge in [0.15, 0.2) is 11.2 Å². The van der Waals surface area contributed by atoms with Crippen LogP contribution in [0.3, 0.4) is 0 Å². The molecule has 0 aliphatic rings. The fourth-order valence-electron chi connectivity index (χ4n) is 2.52. The quantitative estimate of drug-likeness (QED) is 0.590. The van der Waals surface area contributed by atoms with Crippen LogP contribution in [0.25, 0.3) is 28.3 Å². The summed E-state index contributed by atoms with van der Waals surface area (Å²) < 4.78 is 3.49. The van der Waals surface area contributed by atoms with Gasteiger partial charge in [0, 0.05) is 25.1 Å². The monoisotopic (exact) mass is 283 g/mol. The molecule has 4 aromatic rings. The van der Waals surface area contributed by atoms with Crippen LogP contribution in [-0.4, -0.2) is 34.1 Å². The molecule has 4 rings (SSSR count). The van der Waals surface area contributed by atoms with E-state index >= 15 is 0 Å². The molecule has 0 fully saturated rings. The maximum atomic E-state index is 12.6. The molecule has 8 heteroatoms. The van der Waals surface area contributed by atoms with Crippen molar-refractivity contribution in [3.63, 3.8) is 0 Å². The molecule has 4 heterocycles. The van der Waals surface area contributed by atoms with E-state index in [1.165, 1.54) is 0 Å². The van der Waals surface area contributed by atoms with E-state index in [2.05, 4.69) is 25.1 Å². The van der Waals surface area contributed by atoms with E-state index in [-0.39, 0.29) is 5.56 Å². The molecule has 8 nitrogen and oxygen atoms in total. The number of aryl methyl sites for hydroxylation is 1. The molecule has 0 saturated carbocycles. The van der Waals surface area contributed by atoms with Gasteiger partial charge in [0.25, 0.3) is 5.56 Å². The summed E-state index contributed by atoms with van der Waals surface area (Å²) in [6.07, 6.45) is 7.73. The highest BCUT2D eigenvalue weighted by Crippen LogP contribution is 2.18. The van der Waals surface area contributed by atoms with E-state index in [0.717, 1.165) is 12.0 Å². The third-order valence-electron chi connectivity index (χ3n) is 3.45. The number of fused-ring (bicyclic) bond motifs is 3. The fraction of sp³-hybridized carbons (Fsp3) is 0.231. The molecule has 21 heavy (non-hydrogen) atoms. The second kappa shape index (κ2) is 4.30. The van der Waals surface area contributed by atoms with Gasteiger partial charge in [-0.15, -0.1) is 0 Å². The van der Waals surface area contributed by atoms with Gasteiger partial charge in [0.2, 0.25) is 5.78 Å². The summed E-state index contributed by atoms with van der Waals surface area (Å²) in [7, 11) is 0. The van der Waals surface area contributed by atoms with Gasteiger partial charge in [-0.25, -0.2) is 9.97 Å². The van der Waals surface area contributed by atoms with Crippen molar-refractivity contribution < 1.29 is 0 Å². The molecule has 0 radical (unpaired) electrons. The third kappa shape index (κ3) is 1.62. The highest BCUT2D eigenvalue weighted by molar-refractivity contribution is 5.77. The van der Waals surface area contributed by atoms with E-state index in [4.69, 9.17) is 0 Å². The van der Waals surface area contributed by atoms with Crippen molar-refractivity contribution in [2.24, 2.45) is 0 Å². The number of nitrogens with zero attached hydrogens (tertiary/aromatic N) is 5. The zero-order chi connectivity index (χ0) is 14.4. The van der Waals surface area contributed by atoms with E-state index < -0.39 is 0 Å². The Morgan fingerprint density at radius 3 is 3.05 bits per heavy atom. The SMILES string of the molecule is CCCn1c(=O)c2[nH]c(-c3cn[nH]c3)nc2n2ccnc12. The number of nitrogens with one attached hydrogen (secondary N) is 2. The predicted octanol–water partition coefficient (Wildman–Crippen LogP) is 1.17. The smallest absolute Gasteiger partial charge is 0.280 e. The summed E-state index contributed by atoms with van der Waals surface area (Å²) in [4.78, 5) is 24.5. The largest absolute Gasteiger partial charge is 0.332 e. The van der Waals surface area contributed by atoms with Gasteiger partial charge in [0.05, 0.1) is 11.8 Å². The highest BCUT2D eigenvalue weighted by atomic mass is 16.1. The van der Waals surface area contributed by atoms with Gasteiger partial charge in [-0.1, -0.05) is 6.92 Å². The van der Waals surface area contributed by atoms with Gasteiger partial charge in [-0.2, -0.15) is 5.10 Å². The molecule has 4 aromatic heterocycles. The average molecular weight is 283 g/mol. The van der Waals surface area contributed by atoms with Crippen LogP contribution in [0.4, 0.5) is 0 Å². The molecule has 0 spiro atoms. The Labute approximate surface area is 118 Å². The lowest BCUT2D eigenvalue weighted by Gasteiger charge is -2.05. The van der Waals surface area contributed by atoms with Crippen molar-refractivity contribution in [2.75, 3.05) is 0 Å². The molecule has 0 aromatic carbocycles. The van der Waals surface area contributed by atoms with Crippen LogP contribution in [0.2, 0.25) is 0 Å². The fourth-order valence-corrected chi connectivity index (χ4v) is 2.52. The van der Waals surface area contributed by atoms with E-state index in [1.54, 1.807) is 23.2 Å². The number of rotatable bonds is 3. The van der Waals surface area contributed by atoms with E-state index in [0.29, 0.717) is 29.3 Å². The Bertz CT molecular complexity index is 973. The van der Waals surface area contributed by atoms with Crippen LogP contribution in [-0.2, 0) is 6.54 Å².